The summed E-state index contributed by atoms with van der Waals surface area (Å²) < 4.78 is 0. The first kappa shape index (κ1) is 15.8. The zero-order valence-electron chi connectivity index (χ0n) is 13.5. The number of hydrogen-bond donors (Lipinski definition) is 1. The van der Waals surface area contributed by atoms with Gasteiger partial charge >= 0.3 is 0 Å². The molecule has 0 aromatic heterocycles. The number of piperidine rings is 1. The normalized spacial score (nSPS) is 15.3. The SMILES string of the molecule is O=C(NCCN1CCCCC1)c1ccc(-c2ccccc2)cc1. The molecule has 0 spiro atoms. The lowest BCUT2D eigenvalue weighted by molar-refractivity contribution is 0.0946. The standard InChI is InChI=1S/C20H24N2O/c23-20(21-13-16-22-14-5-2-6-15-22)19-11-9-18(10-12-19)17-7-3-1-4-8-17/h1,3-4,7-12H,2,5-6,13-16H2,(H,21,23). The van der Waals surface area contributed by atoms with E-state index in [9.17, 15) is 4.79 Å². The van der Waals surface area contributed by atoms with Crippen LogP contribution in [0.4, 0.5) is 0 Å². The number of benzene rings is 2. The van der Waals surface area contributed by atoms with E-state index in [2.05, 4.69) is 22.3 Å². The molecular formula is C20H24N2O. The fourth-order valence-corrected chi connectivity index (χ4v) is 3.06. The number of rotatable bonds is 5. The number of nitrogens with one attached hydrogen (secondary N) is 1. The molecule has 120 valence electrons. The number of hydrogen-bond acceptors (Lipinski definition) is 2. The molecule has 1 heterocycles. The van der Waals surface area contributed by atoms with Crippen LogP contribution < -0.4 is 5.32 Å². The predicted molar refractivity (Wildman–Crippen MR) is 94.5 cm³/mol. The van der Waals surface area contributed by atoms with Crippen molar-refractivity contribution in [3.63, 3.8) is 0 Å². The maximum absolute atomic E-state index is 12.2. The molecule has 0 radical (unpaired) electrons. The Hall–Kier alpha value is -2.13. The van der Waals surface area contributed by atoms with Gasteiger partial charge in [0.25, 0.3) is 5.91 Å². The Morgan fingerprint density at radius 1 is 0.870 bits per heavy atom. The highest BCUT2D eigenvalue weighted by Crippen LogP contribution is 2.19. The highest BCUT2D eigenvalue weighted by molar-refractivity contribution is 5.94. The van der Waals surface area contributed by atoms with Crippen molar-refractivity contribution in [2.45, 2.75) is 19.3 Å². The van der Waals surface area contributed by atoms with E-state index in [1.807, 2.05) is 42.5 Å². The number of likely N-dealkylation sites (tertiary alicyclic amines) is 1. The number of carbonyl (C=O) groups is 1. The Bertz CT molecular complexity index is 616. The summed E-state index contributed by atoms with van der Waals surface area (Å²) in [5, 5.41) is 3.02. The summed E-state index contributed by atoms with van der Waals surface area (Å²) in [7, 11) is 0. The van der Waals surface area contributed by atoms with Gasteiger partial charge in [-0.1, -0.05) is 48.9 Å². The van der Waals surface area contributed by atoms with Gasteiger partial charge in [0.1, 0.15) is 0 Å². The van der Waals surface area contributed by atoms with Gasteiger partial charge in [-0.2, -0.15) is 0 Å². The van der Waals surface area contributed by atoms with Gasteiger partial charge < -0.3 is 10.2 Å². The first-order valence-electron chi connectivity index (χ1n) is 8.49. The number of nitrogens with zero attached hydrogens (tertiary/aromatic N) is 1. The molecule has 0 aliphatic carbocycles. The molecule has 0 atom stereocenters. The van der Waals surface area contributed by atoms with Crippen molar-refractivity contribution >= 4 is 5.91 Å². The second kappa shape index (κ2) is 7.93. The minimum absolute atomic E-state index is 0.0154. The lowest BCUT2D eigenvalue weighted by atomic mass is 10.0. The van der Waals surface area contributed by atoms with Gasteiger partial charge in [-0.3, -0.25) is 4.79 Å². The molecule has 3 nitrogen and oxygen atoms in total. The molecule has 1 aliphatic rings. The van der Waals surface area contributed by atoms with Gasteiger partial charge in [-0.15, -0.1) is 0 Å². The molecule has 1 saturated heterocycles. The van der Waals surface area contributed by atoms with Crippen LogP contribution in [-0.4, -0.2) is 37.0 Å². The number of amides is 1. The fraction of sp³-hybridized carbons (Fsp3) is 0.350. The molecule has 1 N–H and O–H groups in total. The van der Waals surface area contributed by atoms with Gasteiger partial charge in [-0.25, -0.2) is 0 Å². The minimum atomic E-state index is 0.0154. The average molecular weight is 308 g/mol. The van der Waals surface area contributed by atoms with E-state index in [1.165, 1.54) is 37.9 Å². The van der Waals surface area contributed by atoms with E-state index in [-0.39, 0.29) is 5.91 Å². The van der Waals surface area contributed by atoms with Crippen LogP contribution >= 0.6 is 0 Å². The summed E-state index contributed by atoms with van der Waals surface area (Å²) in [4.78, 5) is 14.6. The van der Waals surface area contributed by atoms with E-state index < -0.39 is 0 Å². The van der Waals surface area contributed by atoms with Crippen LogP contribution in [0.5, 0.6) is 0 Å². The van der Waals surface area contributed by atoms with E-state index in [0.717, 1.165) is 24.2 Å². The molecule has 0 unspecified atom stereocenters. The summed E-state index contributed by atoms with van der Waals surface area (Å²) in [6.45, 7) is 4.01. The molecule has 2 aromatic rings. The molecule has 1 amide bonds. The molecule has 0 bridgehead atoms. The topological polar surface area (TPSA) is 32.3 Å². The van der Waals surface area contributed by atoms with Crippen LogP contribution in [0, 0.1) is 0 Å². The average Bonchev–Trinajstić information content (AvgIpc) is 2.63. The van der Waals surface area contributed by atoms with Crippen LogP contribution in [0.3, 0.4) is 0 Å². The molecule has 3 rings (SSSR count). The number of carbonyl (C=O) groups excluding carboxylic acids is 1. The third kappa shape index (κ3) is 4.42. The quantitative estimate of drug-likeness (QED) is 0.916. The molecule has 1 aliphatic heterocycles. The van der Waals surface area contributed by atoms with Crippen LogP contribution in [0.1, 0.15) is 29.6 Å². The van der Waals surface area contributed by atoms with Crippen molar-refractivity contribution in [3.05, 3.63) is 60.2 Å². The minimum Gasteiger partial charge on any atom is -0.351 e. The molecule has 23 heavy (non-hydrogen) atoms. The third-order valence-electron chi connectivity index (χ3n) is 4.42. The van der Waals surface area contributed by atoms with Gasteiger partial charge in [0.15, 0.2) is 0 Å². The van der Waals surface area contributed by atoms with E-state index in [0.29, 0.717) is 0 Å². The summed E-state index contributed by atoms with van der Waals surface area (Å²) in [6.07, 6.45) is 3.92. The second-order valence-corrected chi connectivity index (χ2v) is 6.10. The molecular weight excluding hydrogens is 284 g/mol. The monoisotopic (exact) mass is 308 g/mol. The van der Waals surface area contributed by atoms with E-state index in [1.54, 1.807) is 0 Å². The van der Waals surface area contributed by atoms with Gasteiger partial charge in [0, 0.05) is 18.7 Å². The summed E-state index contributed by atoms with van der Waals surface area (Å²) in [6, 6.07) is 18.0. The lowest BCUT2D eigenvalue weighted by Crippen LogP contribution is -2.37. The van der Waals surface area contributed by atoms with Crippen LogP contribution in [0.2, 0.25) is 0 Å². The third-order valence-corrected chi connectivity index (χ3v) is 4.42. The maximum atomic E-state index is 12.2. The second-order valence-electron chi connectivity index (χ2n) is 6.10. The van der Waals surface area contributed by atoms with Crippen LogP contribution in [0.15, 0.2) is 54.6 Å². The maximum Gasteiger partial charge on any atom is 0.251 e. The van der Waals surface area contributed by atoms with Crippen molar-refractivity contribution in [1.82, 2.24) is 10.2 Å². The smallest absolute Gasteiger partial charge is 0.251 e. The first-order chi connectivity index (χ1) is 11.3. The highest BCUT2D eigenvalue weighted by Gasteiger charge is 2.10. The van der Waals surface area contributed by atoms with Crippen molar-refractivity contribution in [3.8, 4) is 11.1 Å². The summed E-state index contributed by atoms with van der Waals surface area (Å²) in [5.74, 6) is 0.0154. The van der Waals surface area contributed by atoms with Gasteiger partial charge in [0.05, 0.1) is 0 Å². The molecule has 0 saturated carbocycles. The van der Waals surface area contributed by atoms with Gasteiger partial charge in [-0.05, 0) is 49.2 Å². The van der Waals surface area contributed by atoms with Crippen molar-refractivity contribution in [1.29, 1.82) is 0 Å². The van der Waals surface area contributed by atoms with Gasteiger partial charge in [0.2, 0.25) is 0 Å². The summed E-state index contributed by atoms with van der Waals surface area (Å²) >= 11 is 0. The predicted octanol–water partition coefficient (Wildman–Crippen LogP) is 3.57. The molecule has 2 aromatic carbocycles. The molecule has 1 fully saturated rings. The van der Waals surface area contributed by atoms with Crippen molar-refractivity contribution in [2.24, 2.45) is 0 Å². The zero-order chi connectivity index (χ0) is 15.9. The van der Waals surface area contributed by atoms with E-state index in [4.69, 9.17) is 0 Å². The Labute approximate surface area is 138 Å². The summed E-state index contributed by atoms with van der Waals surface area (Å²) in [5.41, 5.74) is 3.03. The van der Waals surface area contributed by atoms with E-state index >= 15 is 0 Å². The van der Waals surface area contributed by atoms with Crippen LogP contribution in [0.25, 0.3) is 11.1 Å². The Kier molecular flexibility index (Phi) is 5.43. The molecule has 3 heteroatoms. The largest absolute Gasteiger partial charge is 0.351 e. The first-order valence-corrected chi connectivity index (χ1v) is 8.49. The fourth-order valence-electron chi connectivity index (χ4n) is 3.06. The van der Waals surface area contributed by atoms with Crippen molar-refractivity contribution < 1.29 is 4.79 Å². The van der Waals surface area contributed by atoms with Crippen LogP contribution in [-0.2, 0) is 0 Å². The Morgan fingerprint density at radius 2 is 1.52 bits per heavy atom. The zero-order valence-corrected chi connectivity index (χ0v) is 13.5. The highest BCUT2D eigenvalue weighted by atomic mass is 16.1. The Morgan fingerprint density at radius 3 is 2.22 bits per heavy atom. The van der Waals surface area contributed by atoms with Crippen molar-refractivity contribution in [2.75, 3.05) is 26.2 Å². The lowest BCUT2D eigenvalue weighted by Gasteiger charge is -2.26. The Balaban J connectivity index is 1.51.